The van der Waals surface area contributed by atoms with Gasteiger partial charge in [-0.05, 0) is 90.3 Å². The molecule has 5 aliphatic rings. The number of hydrogen-bond acceptors (Lipinski definition) is 9. The van der Waals surface area contributed by atoms with E-state index in [4.69, 9.17) is 14.9 Å². The Balaban J connectivity index is 0.000000146. The minimum absolute atomic E-state index is 0.0847. The highest BCUT2D eigenvalue weighted by Gasteiger charge is 2.83. The number of carboxylic acid groups (broad SMARTS) is 3. The van der Waals surface area contributed by atoms with Crippen LogP contribution in [0.3, 0.4) is 0 Å². The zero-order valence-corrected chi connectivity index (χ0v) is 27.7. The van der Waals surface area contributed by atoms with Gasteiger partial charge in [0.05, 0.1) is 40.6 Å². The van der Waals surface area contributed by atoms with Crippen molar-refractivity contribution in [3.63, 3.8) is 0 Å². The largest absolute Gasteiger partial charge is 0.481 e. The summed E-state index contributed by atoms with van der Waals surface area (Å²) >= 11 is 0. The van der Waals surface area contributed by atoms with Gasteiger partial charge in [-0.1, -0.05) is 55.1 Å². The van der Waals surface area contributed by atoms with Crippen LogP contribution in [0.4, 0.5) is 5.69 Å². The number of esters is 1. The number of aliphatic carboxylic acids is 2. The molecule has 13 nitrogen and oxygen atoms in total. The lowest BCUT2D eigenvalue weighted by Crippen LogP contribution is -2.50. The van der Waals surface area contributed by atoms with Gasteiger partial charge in [-0.15, -0.1) is 4.91 Å². The van der Waals surface area contributed by atoms with Crippen molar-refractivity contribution < 1.29 is 49.4 Å². The molecule has 0 radical (unpaired) electrons. The number of carbonyl (C=O) groups is 4. The fourth-order valence-electron chi connectivity index (χ4n) is 9.48. The molecule has 3 aromatic rings. The average Bonchev–Trinajstić information content (AvgIpc) is 3.52. The highest BCUT2D eigenvalue weighted by molar-refractivity contribution is 5.89. The molecular weight excluding hydrogens is 660 g/mol. The highest BCUT2D eigenvalue weighted by atomic mass is 16.6. The molecule has 51 heavy (non-hydrogen) atoms. The molecule has 1 aliphatic heterocycles. The van der Waals surface area contributed by atoms with E-state index in [1.54, 1.807) is 19.1 Å². The van der Waals surface area contributed by atoms with Crippen LogP contribution in [0.15, 0.2) is 96.3 Å². The second-order valence-electron chi connectivity index (χ2n) is 14.2. The molecule has 0 amide bonds. The van der Waals surface area contributed by atoms with Crippen LogP contribution in [-0.4, -0.2) is 66.7 Å². The Kier molecular flexibility index (Phi) is 8.84. The number of fused-ring (bicyclic) bond motifs is 2. The number of nitrogens with zero attached hydrogens (tertiary/aromatic N) is 1. The van der Waals surface area contributed by atoms with Crippen molar-refractivity contribution in [1.82, 2.24) is 0 Å². The Morgan fingerprint density at radius 1 is 1.02 bits per heavy atom. The molecule has 13 heteroatoms. The Labute approximate surface area is 292 Å². The van der Waals surface area contributed by atoms with E-state index in [1.807, 2.05) is 42.5 Å². The molecule has 6 N–H and O–H groups in total. The summed E-state index contributed by atoms with van der Waals surface area (Å²) in [4.78, 5) is 55.8. The number of hydrogen-bond donors (Lipinski definition) is 6. The maximum Gasteiger partial charge on any atom is 0.335 e. The standard InChI is InChI=1S/C19H22O6.C12H10O2.C7H6N2O3/c1-9-7-17-8-18(9,24)5-3-10(17)19-6-4-11(20)16(2,15(23)25-19)13(19)12(17)14(21)22;13-12(14)8-10-6-3-5-9-4-1-2-7-11(9)10;10-7(11)5-1-3-6(4-2-5)8-9-12/h4,6,10-13,20,24H,1,3,5,7-8H2,2H3,(H,21,22);1-7H,8H2,(H,13,14);1-4H,(H,8,12)(H,10,11). The molecule has 8 atom stereocenters. The van der Waals surface area contributed by atoms with Crippen LogP contribution in [-0.2, 0) is 25.5 Å². The van der Waals surface area contributed by atoms with Crippen LogP contribution in [0.25, 0.3) is 10.8 Å². The van der Waals surface area contributed by atoms with Crippen LogP contribution < -0.4 is 5.43 Å². The first-order valence-corrected chi connectivity index (χ1v) is 16.5. The van der Waals surface area contributed by atoms with Crippen molar-refractivity contribution in [2.75, 3.05) is 5.43 Å². The zero-order valence-electron chi connectivity index (χ0n) is 27.7. The molecule has 1 heterocycles. The van der Waals surface area contributed by atoms with Crippen molar-refractivity contribution in [2.24, 2.45) is 33.9 Å². The van der Waals surface area contributed by atoms with Gasteiger partial charge < -0.3 is 30.3 Å². The smallest absolute Gasteiger partial charge is 0.335 e. The van der Waals surface area contributed by atoms with Gasteiger partial charge >= 0.3 is 23.9 Å². The maximum absolute atomic E-state index is 12.7. The quantitative estimate of drug-likeness (QED) is 0.0870. The van der Waals surface area contributed by atoms with Crippen molar-refractivity contribution in [3.8, 4) is 0 Å². The highest BCUT2D eigenvalue weighted by Crippen LogP contribution is 2.77. The van der Waals surface area contributed by atoms with Crippen LogP contribution in [0.1, 0.15) is 48.5 Å². The third-order valence-electron chi connectivity index (χ3n) is 11.6. The zero-order chi connectivity index (χ0) is 36.9. The first-order valence-electron chi connectivity index (χ1n) is 16.5. The van der Waals surface area contributed by atoms with E-state index in [1.165, 1.54) is 24.3 Å². The normalized spacial score (nSPS) is 33.4. The molecule has 4 aliphatic carbocycles. The lowest BCUT2D eigenvalue weighted by atomic mass is 9.61. The molecular formula is C38H38N2O11. The van der Waals surface area contributed by atoms with Crippen molar-refractivity contribution in [2.45, 2.75) is 56.3 Å². The number of rotatable bonds is 6. The van der Waals surface area contributed by atoms with E-state index in [0.717, 1.165) is 16.3 Å². The van der Waals surface area contributed by atoms with Gasteiger partial charge in [0.25, 0.3) is 0 Å². The Hall–Kier alpha value is -5.40. The number of anilines is 1. The number of ether oxygens (including phenoxy) is 1. The molecule has 8 unspecified atom stereocenters. The molecule has 1 spiro atoms. The number of aromatic carboxylic acids is 1. The fourth-order valence-corrected chi connectivity index (χ4v) is 9.48. The topological polar surface area (TPSA) is 220 Å². The first kappa shape index (κ1) is 35.4. The van der Waals surface area contributed by atoms with E-state index in [9.17, 15) is 39.4 Å². The lowest BCUT2D eigenvalue weighted by molar-refractivity contribution is -0.163. The number of carbonyl (C=O) groups excluding carboxylic acids is 1. The SMILES string of the molecule is C=C1CC23CC1(O)CCC2C12C=CC(O)C(C)(C(=O)O1)C2C3C(=O)O.O=C(O)Cc1cccc2ccccc12.O=NNc1ccc(C(=O)O)cc1. The maximum atomic E-state index is 12.7. The third kappa shape index (κ3) is 5.56. The minimum atomic E-state index is -1.27. The van der Waals surface area contributed by atoms with E-state index < -0.39 is 63.8 Å². The molecule has 4 fully saturated rings. The summed E-state index contributed by atoms with van der Waals surface area (Å²) in [5.74, 6) is -4.97. The molecule has 4 bridgehead atoms. The Morgan fingerprint density at radius 3 is 2.35 bits per heavy atom. The number of carboxylic acids is 3. The minimum Gasteiger partial charge on any atom is -0.481 e. The number of aliphatic hydroxyl groups excluding tert-OH is 1. The van der Waals surface area contributed by atoms with Gasteiger partial charge in [0.2, 0.25) is 0 Å². The van der Waals surface area contributed by atoms with Gasteiger partial charge in [-0.25, -0.2) is 10.2 Å². The predicted octanol–water partition coefficient (Wildman–Crippen LogP) is 4.97. The van der Waals surface area contributed by atoms with Crippen LogP contribution in [0.2, 0.25) is 0 Å². The summed E-state index contributed by atoms with van der Waals surface area (Å²) in [6.45, 7) is 5.64. The van der Waals surface area contributed by atoms with E-state index in [-0.39, 0.29) is 17.9 Å². The predicted molar refractivity (Wildman–Crippen MR) is 183 cm³/mol. The monoisotopic (exact) mass is 698 g/mol. The van der Waals surface area contributed by atoms with Gasteiger partial charge in [0.1, 0.15) is 11.0 Å². The second kappa shape index (κ2) is 12.7. The molecule has 266 valence electrons. The van der Waals surface area contributed by atoms with Crippen molar-refractivity contribution in [1.29, 1.82) is 0 Å². The van der Waals surface area contributed by atoms with Gasteiger partial charge in [-0.2, -0.15) is 0 Å². The molecule has 0 aromatic heterocycles. The van der Waals surface area contributed by atoms with Gasteiger partial charge in [0.15, 0.2) is 0 Å². The average molecular weight is 699 g/mol. The fraction of sp³-hybridized carbons (Fsp3) is 0.368. The number of nitroso groups, excluding NO2 is 1. The molecule has 3 aromatic carbocycles. The third-order valence-corrected chi connectivity index (χ3v) is 11.6. The van der Waals surface area contributed by atoms with Gasteiger partial charge in [0, 0.05) is 11.8 Å². The van der Waals surface area contributed by atoms with E-state index >= 15 is 0 Å². The molecule has 3 saturated carbocycles. The Bertz CT molecular complexity index is 1970. The first-order chi connectivity index (χ1) is 24.1. The van der Waals surface area contributed by atoms with Crippen LogP contribution in [0.5, 0.6) is 0 Å². The van der Waals surface area contributed by atoms with E-state index in [0.29, 0.717) is 36.9 Å². The molecule has 1 saturated heterocycles. The Morgan fingerprint density at radius 2 is 1.71 bits per heavy atom. The summed E-state index contributed by atoms with van der Waals surface area (Å²) in [6.07, 6.45) is 4.20. The van der Waals surface area contributed by atoms with Crippen LogP contribution >= 0.6 is 0 Å². The van der Waals surface area contributed by atoms with Crippen molar-refractivity contribution in [3.05, 3.63) is 107 Å². The summed E-state index contributed by atoms with van der Waals surface area (Å²) in [5, 5.41) is 53.4. The summed E-state index contributed by atoms with van der Waals surface area (Å²) in [6, 6.07) is 19.2. The lowest BCUT2D eigenvalue weighted by Gasteiger charge is -2.44. The molecule has 8 rings (SSSR count). The van der Waals surface area contributed by atoms with Crippen LogP contribution in [0, 0.1) is 33.5 Å². The summed E-state index contributed by atoms with van der Waals surface area (Å²) < 4.78 is 5.87. The van der Waals surface area contributed by atoms with Gasteiger partial charge in [-0.3, -0.25) is 14.4 Å². The second-order valence-corrected chi connectivity index (χ2v) is 14.2. The van der Waals surface area contributed by atoms with E-state index in [2.05, 4.69) is 17.3 Å². The number of aliphatic hydroxyl groups is 2. The summed E-state index contributed by atoms with van der Waals surface area (Å²) in [7, 11) is 0. The summed E-state index contributed by atoms with van der Waals surface area (Å²) in [5.41, 5.74) is 0.367. The number of nitrogens with one attached hydrogen (secondary N) is 1. The number of benzene rings is 3. The van der Waals surface area contributed by atoms with Crippen molar-refractivity contribution >= 4 is 40.3 Å².